The molecule has 3 fully saturated rings. The second-order valence-corrected chi connectivity index (χ2v) is 14.4. The highest BCUT2D eigenvalue weighted by Crippen LogP contribution is 2.67. The van der Waals surface area contributed by atoms with Crippen LogP contribution in [-0.2, 0) is 14.4 Å². The third-order valence-electron chi connectivity index (χ3n) is 10.0. The van der Waals surface area contributed by atoms with Crippen molar-refractivity contribution in [1.82, 2.24) is 4.90 Å². The molecule has 2 unspecified atom stereocenters. The summed E-state index contributed by atoms with van der Waals surface area (Å²) in [6.07, 6.45) is 6.91. The van der Waals surface area contributed by atoms with Crippen LogP contribution in [0, 0.1) is 11.8 Å². The molecule has 6 rings (SSSR count). The lowest BCUT2D eigenvalue weighted by Gasteiger charge is -2.37. The van der Waals surface area contributed by atoms with Gasteiger partial charge in [-0.2, -0.15) is 0 Å². The van der Waals surface area contributed by atoms with E-state index in [0.29, 0.717) is 45.5 Å². The van der Waals surface area contributed by atoms with Crippen molar-refractivity contribution in [2.75, 3.05) is 42.6 Å². The summed E-state index contributed by atoms with van der Waals surface area (Å²) in [7, 11) is 0. The van der Waals surface area contributed by atoms with Gasteiger partial charge in [0, 0.05) is 42.9 Å². The highest BCUT2D eigenvalue weighted by Gasteiger charge is 2.74. The summed E-state index contributed by atoms with van der Waals surface area (Å²) < 4.78 is 4.90. The lowest BCUT2D eigenvalue weighted by molar-refractivity contribution is -0.139. The van der Waals surface area contributed by atoms with Gasteiger partial charge in [-0.3, -0.25) is 14.4 Å². The molecule has 252 valence electrons. The molecule has 0 saturated carbocycles. The number of aliphatic hydroxyl groups excluding tert-OH is 1. The van der Waals surface area contributed by atoms with Crippen LogP contribution in [0.4, 0.5) is 11.4 Å². The minimum absolute atomic E-state index is 0.0678. The molecule has 0 aromatic heterocycles. The largest absolute Gasteiger partial charge is 0.494 e. The van der Waals surface area contributed by atoms with Gasteiger partial charge in [-0.05, 0) is 86.2 Å². The van der Waals surface area contributed by atoms with Crippen molar-refractivity contribution < 1.29 is 24.2 Å². The Morgan fingerprint density at radius 1 is 0.958 bits per heavy atom. The van der Waals surface area contributed by atoms with E-state index in [2.05, 4.69) is 13.2 Å². The first-order chi connectivity index (χ1) is 23.4. The van der Waals surface area contributed by atoms with Crippen molar-refractivity contribution in [1.29, 1.82) is 0 Å². The summed E-state index contributed by atoms with van der Waals surface area (Å²) in [6.45, 7) is 11.4. The molecule has 3 aromatic carbocycles. The van der Waals surface area contributed by atoms with E-state index in [9.17, 15) is 19.5 Å². The maximum atomic E-state index is 15.0. The van der Waals surface area contributed by atoms with Gasteiger partial charge in [-0.1, -0.05) is 42.5 Å². The molecular formula is C39H45N3O5S. The zero-order chi connectivity index (χ0) is 33.8. The Kier molecular flexibility index (Phi) is 10.3. The molecule has 48 heavy (non-hydrogen) atoms. The molecule has 0 aliphatic carbocycles. The number of nitrogens with zero attached hydrogens (tertiary/aromatic N) is 3. The van der Waals surface area contributed by atoms with Crippen LogP contribution in [-0.4, -0.2) is 76.6 Å². The molecule has 3 heterocycles. The predicted octanol–water partition coefficient (Wildman–Crippen LogP) is 6.23. The number of thioether (sulfide) groups is 1. The summed E-state index contributed by atoms with van der Waals surface area (Å²) in [6, 6.07) is 20.8. The monoisotopic (exact) mass is 667 g/mol. The van der Waals surface area contributed by atoms with Crippen LogP contribution in [0.5, 0.6) is 5.75 Å². The number of hydrogen-bond acceptors (Lipinski definition) is 6. The maximum absolute atomic E-state index is 15.0. The number of anilines is 2. The van der Waals surface area contributed by atoms with Gasteiger partial charge in [-0.25, -0.2) is 0 Å². The Balaban J connectivity index is 1.37. The number of aliphatic hydroxyl groups is 1. The molecule has 8 nitrogen and oxygen atoms in total. The van der Waals surface area contributed by atoms with Crippen molar-refractivity contribution in [2.45, 2.75) is 55.1 Å². The van der Waals surface area contributed by atoms with E-state index in [1.54, 1.807) is 38.6 Å². The van der Waals surface area contributed by atoms with Gasteiger partial charge in [0.2, 0.25) is 11.8 Å². The molecular weight excluding hydrogens is 623 g/mol. The first-order valence-electron chi connectivity index (χ1n) is 17.0. The Labute approximate surface area is 287 Å². The van der Waals surface area contributed by atoms with Crippen LogP contribution in [0.1, 0.15) is 39.0 Å². The third kappa shape index (κ3) is 6.03. The fraction of sp³-hybridized carbons (Fsp3) is 0.410. The van der Waals surface area contributed by atoms with E-state index < -0.39 is 22.6 Å². The summed E-state index contributed by atoms with van der Waals surface area (Å²) in [5, 5.41) is 11.5. The van der Waals surface area contributed by atoms with Crippen LogP contribution in [0.3, 0.4) is 0 Å². The normalized spacial score (nSPS) is 24.0. The lowest BCUT2D eigenvalue weighted by atomic mass is 9.70. The van der Waals surface area contributed by atoms with E-state index in [-0.39, 0.29) is 29.6 Å². The highest BCUT2D eigenvalue weighted by atomic mass is 32.2. The minimum atomic E-state index is -0.721. The van der Waals surface area contributed by atoms with Gasteiger partial charge in [0.15, 0.2) is 0 Å². The Morgan fingerprint density at radius 2 is 1.65 bits per heavy atom. The van der Waals surface area contributed by atoms with E-state index >= 15 is 0 Å². The summed E-state index contributed by atoms with van der Waals surface area (Å²) in [5.74, 6) is -0.818. The van der Waals surface area contributed by atoms with E-state index in [1.165, 1.54) is 0 Å². The molecule has 2 bridgehead atoms. The quantitative estimate of drug-likeness (QED) is 0.153. The fourth-order valence-electron chi connectivity index (χ4n) is 7.99. The van der Waals surface area contributed by atoms with Crippen molar-refractivity contribution >= 4 is 51.6 Å². The first-order valence-corrected chi connectivity index (χ1v) is 17.9. The molecule has 3 aliphatic rings. The average Bonchev–Trinajstić information content (AvgIpc) is 3.75. The van der Waals surface area contributed by atoms with Gasteiger partial charge in [0.05, 0.1) is 23.2 Å². The minimum Gasteiger partial charge on any atom is -0.494 e. The van der Waals surface area contributed by atoms with Gasteiger partial charge in [0.25, 0.3) is 5.91 Å². The fourth-order valence-corrected chi connectivity index (χ4v) is 10.2. The zero-order valence-corrected chi connectivity index (χ0v) is 28.4. The summed E-state index contributed by atoms with van der Waals surface area (Å²) in [5.41, 5.74) is 1.47. The number of likely N-dealkylation sites (tertiary alicyclic amines) is 1. The second-order valence-electron chi connectivity index (χ2n) is 12.8. The number of rotatable bonds is 15. The van der Waals surface area contributed by atoms with E-state index in [1.807, 2.05) is 73.7 Å². The molecule has 5 atom stereocenters. The van der Waals surface area contributed by atoms with Gasteiger partial charge >= 0.3 is 0 Å². The Hall–Kier alpha value is -4.08. The van der Waals surface area contributed by atoms with E-state index in [4.69, 9.17) is 4.74 Å². The van der Waals surface area contributed by atoms with Gasteiger partial charge < -0.3 is 24.5 Å². The van der Waals surface area contributed by atoms with Crippen LogP contribution in [0.2, 0.25) is 0 Å². The third-order valence-corrected chi connectivity index (χ3v) is 12.0. The second kappa shape index (κ2) is 14.6. The topological polar surface area (TPSA) is 90.4 Å². The SMILES string of the molecule is C=CCN(C(=O)C1N(CCCCCO)C(=O)[C@@H]2[C@@H](C(=O)N(CC=C)c3ccc(OCC)cc3)[C@H]3CCC12S3)c1ccc2ccccc2c1. The lowest BCUT2D eigenvalue weighted by Crippen LogP contribution is -2.55. The van der Waals surface area contributed by atoms with Crippen molar-refractivity contribution in [2.24, 2.45) is 11.8 Å². The summed E-state index contributed by atoms with van der Waals surface area (Å²) >= 11 is 1.68. The highest BCUT2D eigenvalue weighted by molar-refractivity contribution is 8.02. The zero-order valence-electron chi connectivity index (χ0n) is 27.6. The van der Waals surface area contributed by atoms with Crippen LogP contribution >= 0.6 is 11.8 Å². The van der Waals surface area contributed by atoms with Crippen LogP contribution in [0.25, 0.3) is 10.8 Å². The van der Waals surface area contributed by atoms with Crippen molar-refractivity contribution in [3.05, 3.63) is 92.0 Å². The molecule has 3 amide bonds. The van der Waals surface area contributed by atoms with Crippen molar-refractivity contribution in [3.63, 3.8) is 0 Å². The molecule has 1 N–H and O–H groups in total. The van der Waals surface area contributed by atoms with Crippen molar-refractivity contribution in [3.8, 4) is 5.75 Å². The number of benzene rings is 3. The van der Waals surface area contributed by atoms with Gasteiger partial charge in [0.1, 0.15) is 11.8 Å². The Morgan fingerprint density at radius 3 is 2.33 bits per heavy atom. The molecule has 3 aliphatic heterocycles. The number of carbonyl (C=O) groups is 3. The maximum Gasteiger partial charge on any atom is 0.251 e. The van der Waals surface area contributed by atoms with Crippen LogP contribution < -0.4 is 14.5 Å². The van der Waals surface area contributed by atoms with E-state index in [0.717, 1.165) is 40.7 Å². The number of unbranched alkanes of at least 4 members (excludes halogenated alkanes) is 2. The Bertz CT molecular complexity index is 1680. The number of amides is 3. The predicted molar refractivity (Wildman–Crippen MR) is 193 cm³/mol. The first kappa shape index (κ1) is 33.8. The van der Waals surface area contributed by atoms with Gasteiger partial charge in [-0.15, -0.1) is 24.9 Å². The molecule has 3 saturated heterocycles. The standard InChI is InChI=1S/C39H45N3O5S/c1-4-22-40(29-16-18-31(19-17-29)47-6-3)36(44)33-32-20-21-39(48-32)34(33)37(45)42(24-10-7-11-25-43)35(39)38(46)41(23-5-2)30-15-14-27-12-8-9-13-28(27)26-30/h4-5,8-9,12-19,26,32-35,43H,1-2,6-7,10-11,20-25H2,3H3/t32-,33+,34+,35?,39?/m1/s1. The smallest absolute Gasteiger partial charge is 0.251 e. The molecule has 1 spiro atoms. The number of carbonyl (C=O) groups excluding carboxylic acids is 3. The number of hydrogen-bond donors (Lipinski definition) is 1. The molecule has 9 heteroatoms. The number of fused-ring (bicyclic) bond motifs is 2. The summed E-state index contributed by atoms with van der Waals surface area (Å²) in [4.78, 5) is 49.5. The molecule has 0 radical (unpaired) electrons. The van der Waals surface area contributed by atoms with Crippen LogP contribution in [0.15, 0.2) is 92.0 Å². The molecule has 3 aromatic rings. The number of ether oxygens (including phenoxy) is 1. The average molecular weight is 668 g/mol.